The first kappa shape index (κ1) is 25.3. The van der Waals surface area contributed by atoms with Gasteiger partial charge in [0.05, 0.1) is 16.3 Å². The van der Waals surface area contributed by atoms with Gasteiger partial charge in [0.15, 0.2) is 0 Å². The van der Waals surface area contributed by atoms with Crippen molar-refractivity contribution >= 4 is 44.8 Å². The largest absolute Gasteiger partial charge is 0.350 e. The zero-order valence-electron chi connectivity index (χ0n) is 19.3. The molecule has 0 bridgehead atoms. The number of hydrogen-bond donors (Lipinski definition) is 3. The second-order valence-electron chi connectivity index (χ2n) is 8.25. The van der Waals surface area contributed by atoms with Crippen LogP contribution in [0.3, 0.4) is 0 Å². The highest BCUT2D eigenvalue weighted by atomic mass is 35.5. The van der Waals surface area contributed by atoms with Crippen LogP contribution in [0.2, 0.25) is 5.02 Å². The zero-order chi connectivity index (χ0) is 25.0. The standard InChI is InChI=1S/C25H26ClN3O4S/c1-15(2)27-25(31)20-7-5-6-8-22(20)28-24(30)18-9-10-21(26)23(14-18)34(32,33)29-19-12-16(3)11-17(4)13-19/h5-15,29H,1-4H3,(H,27,31)(H,28,30). The molecule has 0 aliphatic heterocycles. The van der Waals surface area contributed by atoms with E-state index in [0.717, 1.165) is 11.1 Å². The fraction of sp³-hybridized carbons (Fsp3) is 0.200. The lowest BCUT2D eigenvalue weighted by Crippen LogP contribution is -2.31. The average molecular weight is 500 g/mol. The molecule has 0 aliphatic rings. The molecular formula is C25H26ClN3O4S. The highest BCUT2D eigenvalue weighted by molar-refractivity contribution is 7.92. The third kappa shape index (κ3) is 6.15. The number of carbonyl (C=O) groups is 2. The van der Waals surface area contributed by atoms with E-state index in [0.29, 0.717) is 16.9 Å². The van der Waals surface area contributed by atoms with E-state index in [1.807, 2.05) is 33.8 Å². The van der Waals surface area contributed by atoms with Crippen LogP contribution in [0.4, 0.5) is 11.4 Å². The number of aryl methyl sites for hydroxylation is 2. The lowest BCUT2D eigenvalue weighted by molar-refractivity contribution is 0.0944. The van der Waals surface area contributed by atoms with E-state index in [1.54, 1.807) is 36.4 Å². The summed E-state index contributed by atoms with van der Waals surface area (Å²) >= 11 is 6.19. The lowest BCUT2D eigenvalue weighted by atomic mass is 10.1. The van der Waals surface area contributed by atoms with Crippen LogP contribution in [0.5, 0.6) is 0 Å². The number of rotatable bonds is 7. The molecule has 0 fully saturated rings. The van der Waals surface area contributed by atoms with E-state index < -0.39 is 15.9 Å². The molecule has 0 spiro atoms. The van der Waals surface area contributed by atoms with Gasteiger partial charge in [-0.25, -0.2) is 8.42 Å². The molecule has 2 amide bonds. The van der Waals surface area contributed by atoms with Crippen molar-refractivity contribution in [2.45, 2.75) is 38.6 Å². The maximum absolute atomic E-state index is 13.0. The molecule has 0 saturated heterocycles. The maximum Gasteiger partial charge on any atom is 0.263 e. The van der Waals surface area contributed by atoms with Gasteiger partial charge >= 0.3 is 0 Å². The molecule has 178 valence electrons. The van der Waals surface area contributed by atoms with E-state index in [2.05, 4.69) is 15.4 Å². The Morgan fingerprint density at radius 1 is 0.882 bits per heavy atom. The fourth-order valence-corrected chi connectivity index (χ4v) is 4.99. The number of halogens is 1. The third-order valence-corrected chi connectivity index (χ3v) is 6.66. The van der Waals surface area contributed by atoms with Gasteiger partial charge < -0.3 is 10.6 Å². The summed E-state index contributed by atoms with van der Waals surface area (Å²) in [5.74, 6) is -0.910. The number of nitrogens with one attached hydrogen (secondary N) is 3. The first-order chi connectivity index (χ1) is 16.0. The summed E-state index contributed by atoms with van der Waals surface area (Å²) in [4.78, 5) is 25.2. The first-order valence-electron chi connectivity index (χ1n) is 10.6. The molecule has 3 rings (SSSR count). The predicted octanol–water partition coefficient (Wildman–Crippen LogP) is 5.15. The average Bonchev–Trinajstić information content (AvgIpc) is 2.72. The monoisotopic (exact) mass is 499 g/mol. The number of benzene rings is 3. The van der Waals surface area contributed by atoms with E-state index in [-0.39, 0.29) is 27.4 Å². The van der Waals surface area contributed by atoms with Crippen LogP contribution in [0.25, 0.3) is 0 Å². The van der Waals surface area contributed by atoms with E-state index in [1.165, 1.54) is 18.2 Å². The molecule has 34 heavy (non-hydrogen) atoms. The van der Waals surface area contributed by atoms with E-state index >= 15 is 0 Å². The summed E-state index contributed by atoms with van der Waals surface area (Å²) in [5.41, 5.74) is 2.87. The van der Waals surface area contributed by atoms with Crippen LogP contribution in [0.1, 0.15) is 45.7 Å². The Bertz CT molecular complexity index is 1330. The first-order valence-corrected chi connectivity index (χ1v) is 12.4. The summed E-state index contributed by atoms with van der Waals surface area (Å²) < 4.78 is 28.6. The molecule has 0 unspecified atom stereocenters. The topological polar surface area (TPSA) is 104 Å². The van der Waals surface area contributed by atoms with Gasteiger partial charge in [-0.3, -0.25) is 14.3 Å². The minimum atomic E-state index is -4.07. The molecular weight excluding hydrogens is 474 g/mol. The Morgan fingerprint density at radius 2 is 1.53 bits per heavy atom. The van der Waals surface area contributed by atoms with Gasteiger partial charge in [-0.2, -0.15) is 0 Å². The van der Waals surface area contributed by atoms with Gasteiger partial charge in [-0.05, 0) is 81.3 Å². The van der Waals surface area contributed by atoms with Crippen molar-refractivity contribution in [1.82, 2.24) is 5.32 Å². The quantitative estimate of drug-likeness (QED) is 0.418. The molecule has 0 saturated carbocycles. The van der Waals surface area contributed by atoms with Crippen LogP contribution < -0.4 is 15.4 Å². The molecule has 0 radical (unpaired) electrons. The van der Waals surface area contributed by atoms with Crippen molar-refractivity contribution in [3.63, 3.8) is 0 Å². The van der Waals surface area contributed by atoms with Gasteiger partial charge in [-0.1, -0.05) is 29.8 Å². The molecule has 3 N–H and O–H groups in total. The minimum Gasteiger partial charge on any atom is -0.350 e. The molecule has 0 aromatic heterocycles. The minimum absolute atomic E-state index is 0.0230. The van der Waals surface area contributed by atoms with Gasteiger partial charge in [0.1, 0.15) is 4.90 Å². The van der Waals surface area contributed by atoms with Crippen molar-refractivity contribution in [3.8, 4) is 0 Å². The Kier molecular flexibility index (Phi) is 7.64. The second-order valence-corrected chi connectivity index (χ2v) is 10.3. The van der Waals surface area contributed by atoms with Crippen molar-refractivity contribution in [2.75, 3.05) is 10.0 Å². The van der Waals surface area contributed by atoms with Gasteiger partial charge in [0, 0.05) is 17.3 Å². The summed E-state index contributed by atoms with van der Waals surface area (Å²) in [5, 5.41) is 5.45. The number of hydrogen-bond acceptors (Lipinski definition) is 4. The van der Waals surface area contributed by atoms with Crippen LogP contribution in [-0.4, -0.2) is 26.3 Å². The zero-order valence-corrected chi connectivity index (χ0v) is 20.8. The van der Waals surface area contributed by atoms with Crippen molar-refractivity contribution in [2.24, 2.45) is 0 Å². The Balaban J connectivity index is 1.89. The highest BCUT2D eigenvalue weighted by Gasteiger charge is 2.22. The molecule has 7 nitrogen and oxygen atoms in total. The Hall–Kier alpha value is -3.36. The highest BCUT2D eigenvalue weighted by Crippen LogP contribution is 2.27. The van der Waals surface area contributed by atoms with Crippen LogP contribution in [0, 0.1) is 13.8 Å². The van der Waals surface area contributed by atoms with E-state index in [9.17, 15) is 18.0 Å². The number of amides is 2. The lowest BCUT2D eigenvalue weighted by Gasteiger charge is -2.14. The van der Waals surface area contributed by atoms with Gasteiger partial charge in [0.25, 0.3) is 21.8 Å². The molecule has 9 heteroatoms. The SMILES string of the molecule is Cc1cc(C)cc(NS(=O)(=O)c2cc(C(=O)Nc3ccccc3C(=O)NC(C)C)ccc2Cl)c1. The molecule has 0 heterocycles. The van der Waals surface area contributed by atoms with Gasteiger partial charge in [-0.15, -0.1) is 0 Å². The molecule has 0 aliphatic carbocycles. The number of para-hydroxylation sites is 1. The molecule has 0 atom stereocenters. The normalized spacial score (nSPS) is 11.2. The van der Waals surface area contributed by atoms with Crippen LogP contribution in [0.15, 0.2) is 65.6 Å². The Morgan fingerprint density at radius 3 is 2.18 bits per heavy atom. The third-order valence-electron chi connectivity index (χ3n) is 4.80. The number of sulfonamides is 1. The van der Waals surface area contributed by atoms with E-state index in [4.69, 9.17) is 11.6 Å². The maximum atomic E-state index is 13.0. The summed E-state index contributed by atoms with van der Waals surface area (Å²) in [6, 6.07) is 15.8. The smallest absolute Gasteiger partial charge is 0.263 e. The summed E-state index contributed by atoms with van der Waals surface area (Å²) in [6.07, 6.45) is 0. The van der Waals surface area contributed by atoms with Crippen LogP contribution >= 0.6 is 11.6 Å². The summed E-state index contributed by atoms with van der Waals surface area (Å²) in [7, 11) is -4.07. The van der Waals surface area contributed by atoms with Gasteiger partial charge in [0.2, 0.25) is 0 Å². The number of carbonyl (C=O) groups excluding carboxylic acids is 2. The predicted molar refractivity (Wildman–Crippen MR) is 135 cm³/mol. The Labute approximate surface area is 204 Å². The summed E-state index contributed by atoms with van der Waals surface area (Å²) in [6.45, 7) is 7.39. The fourth-order valence-electron chi connectivity index (χ4n) is 3.42. The van der Waals surface area contributed by atoms with Crippen LogP contribution in [-0.2, 0) is 10.0 Å². The molecule has 3 aromatic rings. The second kappa shape index (κ2) is 10.3. The van der Waals surface area contributed by atoms with Crippen molar-refractivity contribution in [1.29, 1.82) is 0 Å². The van der Waals surface area contributed by atoms with Crippen molar-refractivity contribution < 1.29 is 18.0 Å². The van der Waals surface area contributed by atoms with Crippen molar-refractivity contribution in [3.05, 3.63) is 87.9 Å². The number of anilines is 2. The molecule has 3 aromatic carbocycles.